The van der Waals surface area contributed by atoms with Gasteiger partial charge in [0.1, 0.15) is 5.41 Å². The average Bonchev–Trinajstić information content (AvgIpc) is 3.01. The predicted octanol–water partition coefficient (Wildman–Crippen LogP) is 1.06. The zero-order valence-electron chi connectivity index (χ0n) is 10.4. The van der Waals surface area contributed by atoms with Crippen molar-refractivity contribution in [2.45, 2.75) is 45.6 Å². The van der Waals surface area contributed by atoms with Gasteiger partial charge in [0.25, 0.3) is 0 Å². The van der Waals surface area contributed by atoms with Gasteiger partial charge in [0.15, 0.2) is 5.84 Å². The Hall–Kier alpha value is -1.26. The molecule has 0 aromatic rings. The molecule has 2 atom stereocenters. The highest BCUT2D eigenvalue weighted by Crippen LogP contribution is 2.46. The molecule has 0 aromatic heterocycles. The van der Waals surface area contributed by atoms with E-state index in [4.69, 9.17) is 10.9 Å². The van der Waals surface area contributed by atoms with Crippen molar-refractivity contribution in [1.82, 2.24) is 5.32 Å². The van der Waals surface area contributed by atoms with Gasteiger partial charge in [0, 0.05) is 6.04 Å². The summed E-state index contributed by atoms with van der Waals surface area (Å²) in [4.78, 5) is 12.2. The molecular formula is C12H21N3O2. The number of carbonyl (C=O) groups is 1. The van der Waals surface area contributed by atoms with Crippen LogP contribution in [0, 0.1) is 17.3 Å². The molecule has 0 heterocycles. The molecule has 0 bridgehead atoms. The molecule has 2 rings (SSSR count). The second-order valence-electron chi connectivity index (χ2n) is 5.56. The van der Waals surface area contributed by atoms with E-state index < -0.39 is 5.41 Å². The van der Waals surface area contributed by atoms with Crippen LogP contribution < -0.4 is 11.1 Å². The SMILES string of the molecule is CCC1CC1NC(=O)C1(C(N)=NO)CC(C)C1. The van der Waals surface area contributed by atoms with Crippen molar-refractivity contribution in [2.75, 3.05) is 0 Å². The third-order valence-corrected chi connectivity index (χ3v) is 4.19. The number of amidine groups is 1. The lowest BCUT2D eigenvalue weighted by Crippen LogP contribution is -2.57. The molecular weight excluding hydrogens is 218 g/mol. The van der Waals surface area contributed by atoms with Gasteiger partial charge in [0.2, 0.25) is 5.91 Å². The summed E-state index contributed by atoms with van der Waals surface area (Å²) in [6.07, 6.45) is 3.51. The number of rotatable bonds is 4. The van der Waals surface area contributed by atoms with Crippen LogP contribution in [0.4, 0.5) is 0 Å². The zero-order valence-corrected chi connectivity index (χ0v) is 10.4. The van der Waals surface area contributed by atoms with Crippen LogP contribution in [0.2, 0.25) is 0 Å². The Bertz CT molecular complexity index is 348. The molecule has 0 radical (unpaired) electrons. The second-order valence-corrected chi connectivity index (χ2v) is 5.56. The van der Waals surface area contributed by atoms with E-state index in [1.54, 1.807) is 0 Å². The van der Waals surface area contributed by atoms with Crippen LogP contribution in [-0.2, 0) is 4.79 Å². The van der Waals surface area contributed by atoms with Gasteiger partial charge in [-0.05, 0) is 31.1 Å². The van der Waals surface area contributed by atoms with Gasteiger partial charge < -0.3 is 16.3 Å². The number of nitrogens with one attached hydrogen (secondary N) is 1. The van der Waals surface area contributed by atoms with E-state index in [0.717, 1.165) is 12.8 Å². The predicted molar refractivity (Wildman–Crippen MR) is 64.6 cm³/mol. The average molecular weight is 239 g/mol. The zero-order chi connectivity index (χ0) is 12.6. The summed E-state index contributed by atoms with van der Waals surface area (Å²) in [5, 5.41) is 14.9. The lowest BCUT2D eigenvalue weighted by molar-refractivity contribution is -0.133. The Morgan fingerprint density at radius 2 is 2.24 bits per heavy atom. The smallest absolute Gasteiger partial charge is 0.234 e. The molecule has 96 valence electrons. The minimum absolute atomic E-state index is 0.0572. The number of oxime groups is 1. The van der Waals surface area contributed by atoms with E-state index in [9.17, 15) is 4.79 Å². The van der Waals surface area contributed by atoms with Crippen molar-refractivity contribution in [3.8, 4) is 0 Å². The first-order chi connectivity index (χ1) is 8.03. The van der Waals surface area contributed by atoms with Crippen molar-refractivity contribution in [3.05, 3.63) is 0 Å². The van der Waals surface area contributed by atoms with E-state index in [0.29, 0.717) is 30.7 Å². The summed E-state index contributed by atoms with van der Waals surface area (Å²) < 4.78 is 0. The summed E-state index contributed by atoms with van der Waals surface area (Å²) in [5.41, 5.74) is 4.92. The van der Waals surface area contributed by atoms with Gasteiger partial charge in [-0.2, -0.15) is 0 Å². The van der Waals surface area contributed by atoms with Gasteiger partial charge in [0.05, 0.1) is 0 Å². The maximum absolute atomic E-state index is 12.2. The Labute approximate surface area is 101 Å². The van der Waals surface area contributed by atoms with Crippen LogP contribution in [0.3, 0.4) is 0 Å². The number of nitrogens with zero attached hydrogens (tertiary/aromatic N) is 1. The molecule has 2 fully saturated rings. The summed E-state index contributed by atoms with van der Waals surface area (Å²) in [7, 11) is 0. The summed E-state index contributed by atoms with van der Waals surface area (Å²) >= 11 is 0. The Balaban J connectivity index is 2.00. The Morgan fingerprint density at radius 1 is 1.59 bits per heavy atom. The highest BCUT2D eigenvalue weighted by Gasteiger charge is 2.53. The van der Waals surface area contributed by atoms with Crippen molar-refractivity contribution in [2.24, 2.45) is 28.1 Å². The van der Waals surface area contributed by atoms with Gasteiger partial charge in [-0.1, -0.05) is 25.4 Å². The van der Waals surface area contributed by atoms with Crippen molar-refractivity contribution in [1.29, 1.82) is 0 Å². The normalized spacial score (nSPS) is 40.6. The molecule has 0 saturated heterocycles. The van der Waals surface area contributed by atoms with Crippen LogP contribution in [0.5, 0.6) is 0 Å². The van der Waals surface area contributed by atoms with Gasteiger partial charge in [-0.15, -0.1) is 0 Å². The van der Waals surface area contributed by atoms with Gasteiger partial charge >= 0.3 is 0 Å². The van der Waals surface area contributed by atoms with Crippen LogP contribution in [-0.4, -0.2) is 23.0 Å². The fourth-order valence-electron chi connectivity index (χ4n) is 2.92. The van der Waals surface area contributed by atoms with Crippen molar-refractivity contribution >= 4 is 11.7 Å². The summed E-state index contributed by atoms with van der Waals surface area (Å²) in [5.74, 6) is 1.07. The molecule has 0 aromatic carbocycles. The van der Waals surface area contributed by atoms with Crippen molar-refractivity contribution in [3.63, 3.8) is 0 Å². The summed E-state index contributed by atoms with van der Waals surface area (Å²) in [6, 6.07) is 0.298. The molecule has 2 aliphatic rings. The van der Waals surface area contributed by atoms with Gasteiger partial charge in [-0.25, -0.2) is 0 Å². The molecule has 0 aliphatic heterocycles. The molecule has 4 N–H and O–H groups in total. The first-order valence-electron chi connectivity index (χ1n) is 6.32. The highest BCUT2D eigenvalue weighted by atomic mass is 16.4. The standard InChI is InChI=1S/C12H21N3O2/c1-3-8-4-9(8)14-11(16)12(10(13)15-17)5-7(2)6-12/h7-9,17H,3-6H2,1-2H3,(H2,13,15)(H,14,16). The monoisotopic (exact) mass is 239 g/mol. The van der Waals surface area contributed by atoms with Crippen molar-refractivity contribution < 1.29 is 10.0 Å². The van der Waals surface area contributed by atoms with Crippen LogP contribution in [0.15, 0.2) is 5.16 Å². The quantitative estimate of drug-likeness (QED) is 0.297. The summed E-state index contributed by atoms with van der Waals surface area (Å²) in [6.45, 7) is 4.20. The minimum Gasteiger partial charge on any atom is -0.409 e. The number of nitrogens with two attached hydrogens (primary N) is 1. The van der Waals surface area contributed by atoms with E-state index in [2.05, 4.69) is 24.3 Å². The highest BCUT2D eigenvalue weighted by molar-refractivity contribution is 6.07. The number of hydrogen-bond acceptors (Lipinski definition) is 3. The minimum atomic E-state index is -0.755. The first-order valence-corrected chi connectivity index (χ1v) is 6.32. The fraction of sp³-hybridized carbons (Fsp3) is 0.833. The maximum Gasteiger partial charge on any atom is 0.234 e. The molecule has 0 spiro atoms. The maximum atomic E-state index is 12.2. The van der Waals surface area contributed by atoms with Crippen LogP contribution >= 0.6 is 0 Å². The molecule has 2 unspecified atom stereocenters. The molecule has 17 heavy (non-hydrogen) atoms. The van der Waals surface area contributed by atoms with E-state index in [1.807, 2.05) is 0 Å². The molecule has 5 nitrogen and oxygen atoms in total. The van der Waals surface area contributed by atoms with E-state index in [1.165, 1.54) is 0 Å². The molecule has 2 saturated carbocycles. The third-order valence-electron chi connectivity index (χ3n) is 4.19. The fourth-order valence-corrected chi connectivity index (χ4v) is 2.92. The number of hydrogen-bond donors (Lipinski definition) is 3. The Morgan fingerprint density at radius 3 is 2.65 bits per heavy atom. The second kappa shape index (κ2) is 4.20. The van der Waals surface area contributed by atoms with Crippen LogP contribution in [0.25, 0.3) is 0 Å². The third kappa shape index (κ3) is 1.98. The topological polar surface area (TPSA) is 87.7 Å². The lowest BCUT2D eigenvalue weighted by atomic mass is 9.61. The number of carbonyl (C=O) groups excluding carboxylic acids is 1. The largest absolute Gasteiger partial charge is 0.409 e. The number of amides is 1. The van der Waals surface area contributed by atoms with E-state index in [-0.39, 0.29) is 11.7 Å². The molecule has 2 aliphatic carbocycles. The van der Waals surface area contributed by atoms with E-state index >= 15 is 0 Å². The lowest BCUT2D eigenvalue weighted by Gasteiger charge is -2.43. The molecule has 5 heteroatoms. The van der Waals surface area contributed by atoms with Crippen LogP contribution in [0.1, 0.15) is 39.5 Å². The van der Waals surface area contributed by atoms with Gasteiger partial charge in [-0.3, -0.25) is 4.79 Å². The first kappa shape index (κ1) is 12.2. The molecule has 1 amide bonds. The Kier molecular flexibility index (Phi) is 3.02.